The SMILES string of the molecule is CN(CC(=O)NCC1(C(=O)O)CCC1)C(=O)c1cccs1. The zero-order valence-corrected chi connectivity index (χ0v) is 12.6. The van der Waals surface area contributed by atoms with E-state index in [0.717, 1.165) is 6.42 Å². The molecule has 0 spiro atoms. The highest BCUT2D eigenvalue weighted by Crippen LogP contribution is 2.40. The number of aliphatic carboxylic acids is 1. The highest BCUT2D eigenvalue weighted by atomic mass is 32.1. The number of carbonyl (C=O) groups excluding carboxylic acids is 2. The van der Waals surface area contributed by atoms with E-state index < -0.39 is 11.4 Å². The highest BCUT2D eigenvalue weighted by Gasteiger charge is 2.44. The van der Waals surface area contributed by atoms with E-state index >= 15 is 0 Å². The van der Waals surface area contributed by atoms with Crippen molar-refractivity contribution in [3.05, 3.63) is 22.4 Å². The van der Waals surface area contributed by atoms with Crippen LogP contribution in [0.4, 0.5) is 0 Å². The maximum absolute atomic E-state index is 12.0. The molecule has 6 nitrogen and oxygen atoms in total. The second kappa shape index (κ2) is 6.26. The first-order chi connectivity index (χ1) is 9.94. The lowest BCUT2D eigenvalue weighted by atomic mass is 9.69. The van der Waals surface area contributed by atoms with Crippen LogP contribution in [0.15, 0.2) is 17.5 Å². The molecule has 0 saturated heterocycles. The summed E-state index contributed by atoms with van der Waals surface area (Å²) in [5, 5.41) is 13.6. The van der Waals surface area contributed by atoms with Crippen LogP contribution >= 0.6 is 11.3 Å². The summed E-state index contributed by atoms with van der Waals surface area (Å²) in [6.07, 6.45) is 2.05. The van der Waals surface area contributed by atoms with Crippen molar-refractivity contribution in [2.24, 2.45) is 5.41 Å². The van der Waals surface area contributed by atoms with E-state index in [0.29, 0.717) is 17.7 Å². The molecule has 21 heavy (non-hydrogen) atoms. The van der Waals surface area contributed by atoms with Gasteiger partial charge in [-0.2, -0.15) is 0 Å². The second-order valence-corrected chi connectivity index (χ2v) is 6.30. The number of hydrogen-bond acceptors (Lipinski definition) is 4. The first kappa shape index (κ1) is 15.5. The van der Waals surface area contributed by atoms with Crippen LogP contribution in [-0.4, -0.2) is 47.9 Å². The van der Waals surface area contributed by atoms with Crippen molar-refractivity contribution in [2.75, 3.05) is 20.1 Å². The van der Waals surface area contributed by atoms with Gasteiger partial charge in [-0.3, -0.25) is 14.4 Å². The first-order valence-corrected chi connectivity index (χ1v) is 7.62. The van der Waals surface area contributed by atoms with E-state index in [1.165, 1.54) is 16.2 Å². The van der Waals surface area contributed by atoms with Gasteiger partial charge in [-0.1, -0.05) is 12.5 Å². The van der Waals surface area contributed by atoms with E-state index in [1.54, 1.807) is 24.6 Å². The maximum Gasteiger partial charge on any atom is 0.311 e. The van der Waals surface area contributed by atoms with Gasteiger partial charge in [-0.05, 0) is 24.3 Å². The predicted octanol–water partition coefficient (Wildman–Crippen LogP) is 1.19. The molecule has 0 bridgehead atoms. The number of nitrogens with one attached hydrogen (secondary N) is 1. The summed E-state index contributed by atoms with van der Waals surface area (Å²) in [7, 11) is 1.55. The van der Waals surface area contributed by atoms with E-state index in [9.17, 15) is 19.5 Å². The van der Waals surface area contributed by atoms with E-state index in [1.807, 2.05) is 0 Å². The molecule has 0 atom stereocenters. The number of amides is 2. The zero-order chi connectivity index (χ0) is 15.5. The molecule has 1 heterocycles. The number of nitrogens with zero attached hydrogens (tertiary/aromatic N) is 1. The second-order valence-electron chi connectivity index (χ2n) is 5.35. The number of carboxylic acid groups (broad SMARTS) is 1. The number of likely N-dealkylation sites (N-methyl/N-ethyl adjacent to an activating group) is 1. The third-order valence-electron chi connectivity index (χ3n) is 3.85. The molecule has 1 aliphatic rings. The fourth-order valence-corrected chi connectivity index (χ4v) is 2.99. The van der Waals surface area contributed by atoms with Crippen molar-refractivity contribution >= 4 is 29.1 Å². The van der Waals surface area contributed by atoms with Crippen molar-refractivity contribution in [1.82, 2.24) is 10.2 Å². The lowest BCUT2D eigenvalue weighted by Gasteiger charge is -2.37. The van der Waals surface area contributed by atoms with Gasteiger partial charge in [-0.15, -0.1) is 11.3 Å². The van der Waals surface area contributed by atoms with Crippen LogP contribution in [0.1, 0.15) is 28.9 Å². The minimum Gasteiger partial charge on any atom is -0.481 e. The average Bonchev–Trinajstić information content (AvgIpc) is 2.89. The molecule has 2 amide bonds. The Kier molecular flexibility index (Phi) is 4.62. The van der Waals surface area contributed by atoms with Crippen molar-refractivity contribution in [1.29, 1.82) is 0 Å². The average molecular weight is 310 g/mol. The Labute approximate surface area is 126 Å². The first-order valence-electron chi connectivity index (χ1n) is 6.74. The molecule has 0 radical (unpaired) electrons. The molecule has 0 aromatic carbocycles. The molecule has 1 saturated carbocycles. The smallest absolute Gasteiger partial charge is 0.311 e. The molecule has 1 fully saturated rings. The Bertz CT molecular complexity index is 537. The standard InChI is InChI=1S/C14H18N2O4S/c1-16(12(18)10-4-2-7-21-10)8-11(17)15-9-14(13(19)20)5-3-6-14/h2,4,7H,3,5-6,8-9H2,1H3,(H,15,17)(H,19,20). The van der Waals surface area contributed by atoms with Crippen LogP contribution < -0.4 is 5.32 Å². The normalized spacial score (nSPS) is 15.9. The van der Waals surface area contributed by atoms with Gasteiger partial charge in [-0.25, -0.2) is 0 Å². The number of hydrogen-bond donors (Lipinski definition) is 2. The quantitative estimate of drug-likeness (QED) is 0.826. The van der Waals surface area contributed by atoms with Crippen LogP contribution in [0.3, 0.4) is 0 Å². The van der Waals surface area contributed by atoms with E-state index in [2.05, 4.69) is 5.32 Å². The molecule has 2 N–H and O–H groups in total. The number of thiophene rings is 1. The monoisotopic (exact) mass is 310 g/mol. The molecule has 7 heteroatoms. The van der Waals surface area contributed by atoms with Crippen LogP contribution in [0.5, 0.6) is 0 Å². The van der Waals surface area contributed by atoms with Crippen LogP contribution in [0, 0.1) is 5.41 Å². The van der Waals surface area contributed by atoms with Crippen molar-refractivity contribution in [3.63, 3.8) is 0 Å². The van der Waals surface area contributed by atoms with Gasteiger partial charge < -0.3 is 15.3 Å². The van der Waals surface area contributed by atoms with Crippen LogP contribution in [-0.2, 0) is 9.59 Å². The summed E-state index contributed by atoms with van der Waals surface area (Å²) >= 11 is 1.32. The number of carbonyl (C=O) groups is 3. The van der Waals surface area contributed by atoms with Gasteiger partial charge in [0.05, 0.1) is 16.8 Å². The van der Waals surface area contributed by atoms with Crippen molar-refractivity contribution in [2.45, 2.75) is 19.3 Å². The fraction of sp³-hybridized carbons (Fsp3) is 0.500. The lowest BCUT2D eigenvalue weighted by molar-refractivity contribution is -0.154. The summed E-state index contributed by atoms with van der Waals surface area (Å²) < 4.78 is 0. The Hall–Kier alpha value is -1.89. The summed E-state index contributed by atoms with van der Waals surface area (Å²) in [5.41, 5.74) is -0.813. The topological polar surface area (TPSA) is 86.7 Å². The maximum atomic E-state index is 12.0. The molecular weight excluding hydrogens is 292 g/mol. The lowest BCUT2D eigenvalue weighted by Crippen LogP contribution is -2.49. The Morgan fingerprint density at radius 2 is 2.14 bits per heavy atom. The third-order valence-corrected chi connectivity index (χ3v) is 4.71. The van der Waals surface area contributed by atoms with Gasteiger partial charge in [0.15, 0.2) is 0 Å². The highest BCUT2D eigenvalue weighted by molar-refractivity contribution is 7.12. The molecule has 1 aromatic heterocycles. The molecule has 1 aromatic rings. The van der Waals surface area contributed by atoms with Crippen molar-refractivity contribution in [3.8, 4) is 0 Å². The number of carboxylic acids is 1. The summed E-state index contributed by atoms with van der Waals surface area (Å²) in [6.45, 7) is 0.0502. The largest absolute Gasteiger partial charge is 0.481 e. The van der Waals surface area contributed by atoms with Crippen LogP contribution in [0.2, 0.25) is 0 Å². The van der Waals surface area contributed by atoms with Crippen LogP contribution in [0.25, 0.3) is 0 Å². The minimum absolute atomic E-state index is 0.0770. The molecule has 0 unspecified atom stereocenters. The van der Waals surface area contributed by atoms with Gasteiger partial charge in [0.1, 0.15) is 0 Å². The molecule has 1 aliphatic carbocycles. The zero-order valence-electron chi connectivity index (χ0n) is 11.8. The summed E-state index contributed by atoms with van der Waals surface area (Å²) in [5.74, 6) is -1.41. The van der Waals surface area contributed by atoms with Gasteiger partial charge in [0, 0.05) is 13.6 Å². The predicted molar refractivity (Wildman–Crippen MR) is 78.2 cm³/mol. The molecule has 2 rings (SSSR count). The van der Waals surface area contributed by atoms with Crippen molar-refractivity contribution < 1.29 is 19.5 Å². The molecule has 0 aliphatic heterocycles. The van der Waals surface area contributed by atoms with E-state index in [4.69, 9.17) is 0 Å². The Balaban J connectivity index is 1.82. The Morgan fingerprint density at radius 1 is 1.43 bits per heavy atom. The number of rotatable bonds is 6. The van der Waals surface area contributed by atoms with E-state index in [-0.39, 0.29) is 24.9 Å². The molecule has 114 valence electrons. The summed E-state index contributed by atoms with van der Waals surface area (Å²) in [6, 6.07) is 3.48. The third kappa shape index (κ3) is 3.41. The molecular formula is C14H18N2O4S. The van der Waals surface area contributed by atoms with Gasteiger partial charge in [0.25, 0.3) is 5.91 Å². The summed E-state index contributed by atoms with van der Waals surface area (Å²) in [4.78, 5) is 36.9. The van der Waals surface area contributed by atoms with Gasteiger partial charge in [0.2, 0.25) is 5.91 Å². The minimum atomic E-state index is -0.864. The van der Waals surface area contributed by atoms with Gasteiger partial charge >= 0.3 is 5.97 Å². The Morgan fingerprint density at radius 3 is 2.62 bits per heavy atom. The fourth-order valence-electron chi connectivity index (χ4n) is 2.27.